The second kappa shape index (κ2) is 6.43. The van der Waals surface area contributed by atoms with Crippen molar-refractivity contribution in [2.24, 2.45) is 0 Å². The van der Waals surface area contributed by atoms with Gasteiger partial charge in [0.15, 0.2) is 0 Å². The van der Waals surface area contributed by atoms with Crippen molar-refractivity contribution in [1.82, 2.24) is 9.88 Å². The molecule has 0 radical (unpaired) electrons. The van der Waals surface area contributed by atoms with Gasteiger partial charge in [-0.15, -0.1) is 0 Å². The van der Waals surface area contributed by atoms with Crippen LogP contribution >= 0.6 is 0 Å². The van der Waals surface area contributed by atoms with Gasteiger partial charge in [-0.05, 0) is 31.9 Å². The van der Waals surface area contributed by atoms with E-state index in [0.29, 0.717) is 11.6 Å². The number of piperazine rings is 1. The van der Waals surface area contributed by atoms with Crippen molar-refractivity contribution in [3.05, 3.63) is 23.4 Å². The number of hydrogen-bond donors (Lipinski definition) is 1. The summed E-state index contributed by atoms with van der Waals surface area (Å²) >= 11 is 0. The van der Waals surface area contributed by atoms with Crippen LogP contribution < -0.4 is 4.90 Å². The van der Waals surface area contributed by atoms with Gasteiger partial charge in [0.2, 0.25) is 0 Å². The Hall–Kier alpha value is -1.62. The molecule has 21 heavy (non-hydrogen) atoms. The molecule has 2 heterocycles. The molecule has 0 atom stereocenters. The van der Waals surface area contributed by atoms with Gasteiger partial charge in [-0.3, -0.25) is 4.90 Å². The third-order valence-electron chi connectivity index (χ3n) is 4.04. The summed E-state index contributed by atoms with van der Waals surface area (Å²) in [7, 11) is 0. The van der Waals surface area contributed by atoms with Crippen molar-refractivity contribution in [3.8, 4) is 0 Å². The Morgan fingerprint density at radius 2 is 1.76 bits per heavy atom. The van der Waals surface area contributed by atoms with Gasteiger partial charge in [0.05, 0.1) is 5.56 Å². The average Bonchev–Trinajstić information content (AvgIpc) is 2.46. The van der Waals surface area contributed by atoms with Gasteiger partial charge in [0, 0.05) is 37.9 Å². The van der Waals surface area contributed by atoms with E-state index in [0.717, 1.165) is 37.7 Å². The molecule has 0 spiro atoms. The zero-order valence-corrected chi connectivity index (χ0v) is 13.3. The molecular weight excluding hydrogens is 266 g/mol. The number of carboxylic acids is 1. The average molecular weight is 291 g/mol. The number of hydrogen-bond acceptors (Lipinski definition) is 4. The third kappa shape index (κ3) is 3.73. The minimum Gasteiger partial charge on any atom is -0.478 e. The van der Waals surface area contributed by atoms with Crippen molar-refractivity contribution >= 4 is 11.8 Å². The van der Waals surface area contributed by atoms with E-state index in [4.69, 9.17) is 0 Å². The Bertz CT molecular complexity index is 506. The third-order valence-corrected chi connectivity index (χ3v) is 4.04. The van der Waals surface area contributed by atoms with Crippen molar-refractivity contribution in [3.63, 3.8) is 0 Å². The van der Waals surface area contributed by atoms with Crippen LogP contribution in [0, 0.1) is 0 Å². The summed E-state index contributed by atoms with van der Waals surface area (Å²) in [5.41, 5.74) is 1.17. The molecule has 2 rings (SSSR count). The Morgan fingerprint density at radius 1 is 1.14 bits per heavy atom. The molecule has 1 fully saturated rings. The molecule has 5 heteroatoms. The molecule has 0 unspecified atom stereocenters. The smallest absolute Gasteiger partial charge is 0.335 e. The van der Waals surface area contributed by atoms with Crippen LogP contribution in [0.1, 0.15) is 49.7 Å². The number of pyridine rings is 1. The lowest BCUT2D eigenvalue weighted by Crippen LogP contribution is -2.49. The fraction of sp³-hybridized carbons (Fsp3) is 0.625. The van der Waals surface area contributed by atoms with Crippen LogP contribution in [-0.2, 0) is 0 Å². The number of rotatable bonds is 4. The Labute approximate surface area is 126 Å². The molecule has 0 bridgehead atoms. The highest BCUT2D eigenvalue weighted by Gasteiger charge is 2.21. The highest BCUT2D eigenvalue weighted by atomic mass is 16.4. The van der Waals surface area contributed by atoms with Crippen LogP contribution in [0.15, 0.2) is 12.1 Å². The number of aromatic nitrogens is 1. The summed E-state index contributed by atoms with van der Waals surface area (Å²) in [6.07, 6.45) is 0. The number of carbonyl (C=O) groups is 1. The Morgan fingerprint density at radius 3 is 2.24 bits per heavy atom. The summed E-state index contributed by atoms with van der Waals surface area (Å²) in [5.74, 6) is 0.128. The molecule has 5 nitrogen and oxygen atoms in total. The molecule has 1 aromatic heterocycles. The van der Waals surface area contributed by atoms with Gasteiger partial charge in [0.1, 0.15) is 5.82 Å². The summed E-state index contributed by atoms with van der Waals surface area (Å²) in [4.78, 5) is 20.6. The number of carboxylic acid groups (broad SMARTS) is 1. The first-order valence-corrected chi connectivity index (χ1v) is 7.62. The van der Waals surface area contributed by atoms with E-state index in [-0.39, 0.29) is 5.92 Å². The van der Waals surface area contributed by atoms with Crippen LogP contribution in [0.2, 0.25) is 0 Å². The number of nitrogens with zero attached hydrogens (tertiary/aromatic N) is 3. The first kappa shape index (κ1) is 15.8. The molecule has 1 aliphatic heterocycles. The maximum absolute atomic E-state index is 11.3. The van der Waals surface area contributed by atoms with Crippen LogP contribution in [-0.4, -0.2) is 53.2 Å². The topological polar surface area (TPSA) is 56.7 Å². The monoisotopic (exact) mass is 291 g/mol. The van der Waals surface area contributed by atoms with E-state index in [1.54, 1.807) is 12.1 Å². The van der Waals surface area contributed by atoms with Gasteiger partial charge < -0.3 is 10.0 Å². The van der Waals surface area contributed by atoms with E-state index in [1.165, 1.54) is 0 Å². The highest BCUT2D eigenvalue weighted by molar-refractivity contribution is 5.88. The van der Waals surface area contributed by atoms with Crippen molar-refractivity contribution in [2.45, 2.75) is 39.7 Å². The zero-order valence-electron chi connectivity index (χ0n) is 13.3. The van der Waals surface area contributed by atoms with Crippen LogP contribution in [0.4, 0.5) is 5.82 Å². The lowest BCUT2D eigenvalue weighted by molar-refractivity contribution is 0.0696. The first-order valence-electron chi connectivity index (χ1n) is 7.62. The molecular formula is C16H25N3O2. The minimum atomic E-state index is -0.888. The lowest BCUT2D eigenvalue weighted by atomic mass is 10.1. The van der Waals surface area contributed by atoms with E-state index in [1.807, 2.05) is 13.8 Å². The van der Waals surface area contributed by atoms with Crippen molar-refractivity contribution in [2.75, 3.05) is 31.1 Å². The standard InChI is InChI=1S/C16H25N3O2/c1-11(2)14-9-13(16(20)21)10-15(17-14)19-7-5-18(6-8-19)12(3)4/h9-12H,5-8H2,1-4H3,(H,20,21). The predicted octanol–water partition coefficient (Wildman–Crippen LogP) is 2.43. The lowest BCUT2D eigenvalue weighted by Gasteiger charge is -2.37. The first-order chi connectivity index (χ1) is 9.88. The highest BCUT2D eigenvalue weighted by Crippen LogP contribution is 2.22. The molecule has 0 amide bonds. The van der Waals surface area contributed by atoms with Crippen molar-refractivity contribution < 1.29 is 9.90 Å². The summed E-state index contributed by atoms with van der Waals surface area (Å²) < 4.78 is 0. The SMILES string of the molecule is CC(C)c1cc(C(=O)O)cc(N2CCN(C(C)C)CC2)n1. The molecule has 116 valence electrons. The van der Waals surface area contributed by atoms with Gasteiger partial charge in [0.25, 0.3) is 0 Å². The van der Waals surface area contributed by atoms with E-state index in [9.17, 15) is 9.90 Å². The zero-order chi connectivity index (χ0) is 15.6. The maximum Gasteiger partial charge on any atom is 0.335 e. The van der Waals surface area contributed by atoms with E-state index >= 15 is 0 Å². The van der Waals surface area contributed by atoms with Gasteiger partial charge in [-0.1, -0.05) is 13.8 Å². The van der Waals surface area contributed by atoms with Crippen LogP contribution in [0.3, 0.4) is 0 Å². The normalized spacial score (nSPS) is 16.8. The maximum atomic E-state index is 11.3. The number of aromatic carboxylic acids is 1. The fourth-order valence-corrected chi connectivity index (χ4v) is 2.59. The second-order valence-corrected chi connectivity index (χ2v) is 6.22. The number of anilines is 1. The largest absolute Gasteiger partial charge is 0.478 e. The summed E-state index contributed by atoms with van der Waals surface area (Å²) in [5, 5.41) is 9.27. The minimum absolute atomic E-state index is 0.222. The molecule has 1 saturated heterocycles. The molecule has 1 N–H and O–H groups in total. The van der Waals surface area contributed by atoms with Gasteiger partial charge >= 0.3 is 5.97 Å². The molecule has 0 saturated carbocycles. The second-order valence-electron chi connectivity index (χ2n) is 6.22. The van der Waals surface area contributed by atoms with Crippen LogP contribution in [0.5, 0.6) is 0 Å². The molecule has 1 aliphatic rings. The Kier molecular flexibility index (Phi) is 4.83. The van der Waals surface area contributed by atoms with Crippen molar-refractivity contribution in [1.29, 1.82) is 0 Å². The fourth-order valence-electron chi connectivity index (χ4n) is 2.59. The predicted molar refractivity (Wildman–Crippen MR) is 84.2 cm³/mol. The Balaban J connectivity index is 2.21. The van der Waals surface area contributed by atoms with Crippen LogP contribution in [0.25, 0.3) is 0 Å². The van der Waals surface area contributed by atoms with E-state index < -0.39 is 5.97 Å². The quantitative estimate of drug-likeness (QED) is 0.923. The molecule has 0 aromatic carbocycles. The molecule has 0 aliphatic carbocycles. The van der Waals surface area contributed by atoms with Gasteiger partial charge in [-0.25, -0.2) is 9.78 Å². The summed E-state index contributed by atoms with van der Waals surface area (Å²) in [6, 6.07) is 3.93. The van der Waals surface area contributed by atoms with Gasteiger partial charge in [-0.2, -0.15) is 0 Å². The summed E-state index contributed by atoms with van der Waals surface area (Å²) in [6.45, 7) is 12.3. The van der Waals surface area contributed by atoms with E-state index in [2.05, 4.69) is 28.6 Å². The molecule has 1 aromatic rings.